The van der Waals surface area contributed by atoms with E-state index >= 15 is 0 Å². The molecule has 5 nitrogen and oxygen atoms in total. The highest BCUT2D eigenvalue weighted by molar-refractivity contribution is 5.92. The number of pyridine rings is 1. The molecule has 0 atom stereocenters. The largest absolute Gasteiger partial charge is 0.508 e. The van der Waals surface area contributed by atoms with Crippen LogP contribution in [0.4, 0.5) is 11.5 Å². The summed E-state index contributed by atoms with van der Waals surface area (Å²) in [5, 5.41) is 12.1. The Morgan fingerprint density at radius 3 is 2.50 bits per heavy atom. The van der Waals surface area contributed by atoms with Crippen LogP contribution in [0.25, 0.3) is 0 Å². The Bertz CT molecular complexity index is 632. The number of phenolic OH excluding ortho intramolecular Hbond substituents is 1. The topological polar surface area (TPSA) is 65.5 Å². The highest BCUT2D eigenvalue weighted by atomic mass is 16.3. The van der Waals surface area contributed by atoms with Crippen molar-refractivity contribution in [1.29, 1.82) is 0 Å². The first-order chi connectivity index (χ1) is 10.7. The van der Waals surface area contributed by atoms with Gasteiger partial charge in [-0.05, 0) is 42.7 Å². The smallest absolute Gasteiger partial charge is 0.228 e. The van der Waals surface area contributed by atoms with Gasteiger partial charge < -0.3 is 15.3 Å². The lowest BCUT2D eigenvalue weighted by Gasteiger charge is -2.16. The molecule has 1 aliphatic heterocycles. The Kier molecular flexibility index (Phi) is 4.23. The molecule has 1 aromatic carbocycles. The van der Waals surface area contributed by atoms with Gasteiger partial charge in [-0.3, -0.25) is 4.79 Å². The molecule has 0 aliphatic carbocycles. The van der Waals surface area contributed by atoms with Gasteiger partial charge in [0.15, 0.2) is 0 Å². The van der Waals surface area contributed by atoms with Crippen molar-refractivity contribution < 1.29 is 9.90 Å². The third-order valence-corrected chi connectivity index (χ3v) is 3.76. The van der Waals surface area contributed by atoms with E-state index in [1.807, 2.05) is 12.1 Å². The third kappa shape index (κ3) is 3.55. The summed E-state index contributed by atoms with van der Waals surface area (Å²) < 4.78 is 0. The first-order valence-corrected chi connectivity index (χ1v) is 7.49. The second-order valence-electron chi connectivity index (χ2n) is 5.49. The fourth-order valence-electron chi connectivity index (χ4n) is 2.60. The van der Waals surface area contributed by atoms with Crippen LogP contribution in [0.3, 0.4) is 0 Å². The van der Waals surface area contributed by atoms with Crippen LogP contribution in [-0.2, 0) is 11.2 Å². The molecule has 3 rings (SSSR count). The zero-order chi connectivity index (χ0) is 15.4. The predicted molar refractivity (Wildman–Crippen MR) is 86.1 cm³/mol. The summed E-state index contributed by atoms with van der Waals surface area (Å²) in [4.78, 5) is 18.7. The van der Waals surface area contributed by atoms with Crippen LogP contribution < -0.4 is 10.2 Å². The molecule has 2 aromatic rings. The normalized spacial score (nSPS) is 14.1. The standard InChI is InChI=1S/C17H19N3O2/c21-15-6-3-13(4-7-15)11-17(22)19-14-5-8-16(18-12-14)20-9-1-2-10-20/h3-8,12,21H,1-2,9-11H2,(H,19,22). The molecule has 22 heavy (non-hydrogen) atoms. The molecular formula is C17H19N3O2. The van der Waals surface area contributed by atoms with Crippen molar-refractivity contribution in [3.8, 4) is 5.75 Å². The van der Waals surface area contributed by atoms with E-state index in [1.165, 1.54) is 12.8 Å². The number of hydrogen-bond acceptors (Lipinski definition) is 4. The van der Waals surface area contributed by atoms with Crippen LogP contribution in [0.2, 0.25) is 0 Å². The zero-order valence-corrected chi connectivity index (χ0v) is 12.3. The van der Waals surface area contributed by atoms with Gasteiger partial charge in [0.2, 0.25) is 5.91 Å². The highest BCUT2D eigenvalue weighted by Gasteiger charge is 2.13. The van der Waals surface area contributed by atoms with Gasteiger partial charge in [0.05, 0.1) is 18.3 Å². The number of rotatable bonds is 4. The van der Waals surface area contributed by atoms with Gasteiger partial charge in [-0.1, -0.05) is 12.1 Å². The molecule has 1 aliphatic rings. The van der Waals surface area contributed by atoms with Crippen molar-refractivity contribution in [3.63, 3.8) is 0 Å². The minimum absolute atomic E-state index is 0.0959. The molecule has 1 fully saturated rings. The number of carbonyl (C=O) groups is 1. The molecule has 1 amide bonds. The molecule has 1 aromatic heterocycles. The summed E-state index contributed by atoms with van der Waals surface area (Å²) >= 11 is 0. The fraction of sp³-hybridized carbons (Fsp3) is 0.294. The number of nitrogens with zero attached hydrogens (tertiary/aromatic N) is 2. The quantitative estimate of drug-likeness (QED) is 0.910. The van der Waals surface area contributed by atoms with Gasteiger partial charge >= 0.3 is 0 Å². The summed E-state index contributed by atoms with van der Waals surface area (Å²) in [6, 6.07) is 10.5. The number of hydrogen-bond donors (Lipinski definition) is 2. The maximum atomic E-state index is 12.0. The molecule has 5 heteroatoms. The lowest BCUT2D eigenvalue weighted by Crippen LogP contribution is -2.19. The second kappa shape index (κ2) is 6.47. The Morgan fingerprint density at radius 2 is 1.86 bits per heavy atom. The van der Waals surface area contributed by atoms with E-state index < -0.39 is 0 Å². The van der Waals surface area contributed by atoms with Gasteiger partial charge in [-0.15, -0.1) is 0 Å². The van der Waals surface area contributed by atoms with E-state index in [4.69, 9.17) is 0 Å². The van der Waals surface area contributed by atoms with E-state index in [9.17, 15) is 9.90 Å². The van der Waals surface area contributed by atoms with Crippen molar-refractivity contribution >= 4 is 17.4 Å². The average Bonchev–Trinajstić information content (AvgIpc) is 3.05. The molecule has 0 unspecified atom stereocenters. The van der Waals surface area contributed by atoms with E-state index in [1.54, 1.807) is 30.5 Å². The number of carbonyl (C=O) groups excluding carboxylic acids is 1. The van der Waals surface area contributed by atoms with E-state index in [2.05, 4.69) is 15.2 Å². The maximum absolute atomic E-state index is 12.0. The summed E-state index contributed by atoms with van der Waals surface area (Å²) in [5.41, 5.74) is 1.56. The van der Waals surface area contributed by atoms with Crippen molar-refractivity contribution in [3.05, 3.63) is 48.2 Å². The zero-order valence-electron chi connectivity index (χ0n) is 12.3. The molecule has 114 valence electrons. The van der Waals surface area contributed by atoms with Crippen LogP contribution in [0.1, 0.15) is 18.4 Å². The number of nitrogens with one attached hydrogen (secondary N) is 1. The molecule has 0 radical (unpaired) electrons. The van der Waals surface area contributed by atoms with Gasteiger partial charge in [-0.2, -0.15) is 0 Å². The molecule has 2 N–H and O–H groups in total. The highest BCUT2D eigenvalue weighted by Crippen LogP contribution is 2.19. The fourth-order valence-corrected chi connectivity index (χ4v) is 2.60. The number of aromatic hydroxyl groups is 1. The first-order valence-electron chi connectivity index (χ1n) is 7.49. The lowest BCUT2D eigenvalue weighted by atomic mass is 10.1. The molecule has 0 bridgehead atoms. The van der Waals surface area contributed by atoms with Gasteiger partial charge in [0.25, 0.3) is 0 Å². The van der Waals surface area contributed by atoms with Gasteiger partial charge in [0.1, 0.15) is 11.6 Å². The molecule has 2 heterocycles. The second-order valence-corrected chi connectivity index (χ2v) is 5.49. The van der Waals surface area contributed by atoms with E-state index in [0.29, 0.717) is 5.69 Å². The van der Waals surface area contributed by atoms with Crippen molar-refractivity contribution in [2.45, 2.75) is 19.3 Å². The molecular weight excluding hydrogens is 278 g/mol. The monoisotopic (exact) mass is 297 g/mol. The summed E-state index contributed by atoms with van der Waals surface area (Å²) in [5.74, 6) is 1.07. The summed E-state index contributed by atoms with van der Waals surface area (Å²) in [6.45, 7) is 2.11. The Balaban J connectivity index is 1.57. The van der Waals surface area contributed by atoms with E-state index in [-0.39, 0.29) is 18.1 Å². The van der Waals surface area contributed by atoms with Crippen molar-refractivity contribution in [1.82, 2.24) is 4.98 Å². The Labute approximate surface area is 129 Å². The van der Waals surface area contributed by atoms with Gasteiger partial charge in [-0.25, -0.2) is 4.98 Å². The molecule has 0 saturated carbocycles. The van der Waals surface area contributed by atoms with Gasteiger partial charge in [0, 0.05) is 13.1 Å². The number of phenols is 1. The van der Waals surface area contributed by atoms with Crippen LogP contribution >= 0.6 is 0 Å². The Morgan fingerprint density at radius 1 is 1.14 bits per heavy atom. The molecule has 1 saturated heterocycles. The van der Waals surface area contributed by atoms with Crippen molar-refractivity contribution in [2.24, 2.45) is 0 Å². The minimum atomic E-state index is -0.0959. The SMILES string of the molecule is O=C(Cc1ccc(O)cc1)Nc1ccc(N2CCCC2)nc1. The summed E-state index contributed by atoms with van der Waals surface area (Å²) in [6.07, 6.45) is 4.40. The van der Waals surface area contributed by atoms with Crippen LogP contribution in [0.15, 0.2) is 42.6 Å². The van der Waals surface area contributed by atoms with Crippen LogP contribution in [-0.4, -0.2) is 29.1 Å². The summed E-state index contributed by atoms with van der Waals surface area (Å²) in [7, 11) is 0. The molecule has 0 spiro atoms. The predicted octanol–water partition coefficient (Wildman–Crippen LogP) is 2.57. The van der Waals surface area contributed by atoms with Crippen LogP contribution in [0, 0.1) is 0 Å². The van der Waals surface area contributed by atoms with E-state index in [0.717, 1.165) is 24.5 Å². The number of amides is 1. The minimum Gasteiger partial charge on any atom is -0.508 e. The third-order valence-electron chi connectivity index (χ3n) is 3.76. The number of benzene rings is 1. The first kappa shape index (κ1) is 14.4. The Hall–Kier alpha value is -2.56. The van der Waals surface area contributed by atoms with Crippen molar-refractivity contribution in [2.75, 3.05) is 23.3 Å². The maximum Gasteiger partial charge on any atom is 0.228 e. The number of aromatic nitrogens is 1. The van der Waals surface area contributed by atoms with Crippen LogP contribution in [0.5, 0.6) is 5.75 Å². The lowest BCUT2D eigenvalue weighted by molar-refractivity contribution is -0.115. The number of anilines is 2. The average molecular weight is 297 g/mol.